The van der Waals surface area contributed by atoms with Crippen molar-refractivity contribution in [2.45, 2.75) is 57.9 Å². The van der Waals surface area contributed by atoms with Crippen LogP contribution in [-0.4, -0.2) is 32.5 Å². The van der Waals surface area contributed by atoms with Gasteiger partial charge in [0, 0.05) is 6.04 Å². The van der Waals surface area contributed by atoms with Gasteiger partial charge in [0.15, 0.2) is 0 Å². The van der Waals surface area contributed by atoms with Crippen molar-refractivity contribution < 1.29 is 8.42 Å². The van der Waals surface area contributed by atoms with Crippen molar-refractivity contribution in [1.29, 1.82) is 0 Å². The summed E-state index contributed by atoms with van der Waals surface area (Å²) in [5.74, 6) is 2.22. The quantitative estimate of drug-likeness (QED) is 0.855. The average Bonchev–Trinajstić information content (AvgIpc) is 2.38. The van der Waals surface area contributed by atoms with Crippen LogP contribution in [0.25, 0.3) is 0 Å². The van der Waals surface area contributed by atoms with Gasteiger partial charge < -0.3 is 5.32 Å². The molecule has 0 bridgehead atoms. The topological polar surface area (TPSA) is 46.2 Å². The number of hydrogen-bond donors (Lipinski definition) is 1. The van der Waals surface area contributed by atoms with E-state index < -0.39 is 9.84 Å². The van der Waals surface area contributed by atoms with Crippen molar-refractivity contribution in [3.05, 3.63) is 0 Å². The first-order chi connectivity index (χ1) is 8.61. The highest BCUT2D eigenvalue weighted by atomic mass is 32.2. The van der Waals surface area contributed by atoms with Gasteiger partial charge in [0.2, 0.25) is 0 Å². The molecule has 106 valence electrons. The van der Waals surface area contributed by atoms with Crippen LogP contribution >= 0.6 is 0 Å². The smallest absolute Gasteiger partial charge is 0.150 e. The second-order valence-corrected chi connectivity index (χ2v) is 8.37. The van der Waals surface area contributed by atoms with Crippen LogP contribution in [0, 0.1) is 11.8 Å². The van der Waals surface area contributed by atoms with E-state index in [0.717, 1.165) is 25.3 Å². The van der Waals surface area contributed by atoms with Gasteiger partial charge >= 0.3 is 0 Å². The Labute approximate surface area is 112 Å². The van der Waals surface area contributed by atoms with Crippen LogP contribution in [0.5, 0.6) is 0 Å². The third kappa shape index (κ3) is 3.95. The van der Waals surface area contributed by atoms with Gasteiger partial charge in [-0.1, -0.05) is 26.2 Å². The van der Waals surface area contributed by atoms with Crippen molar-refractivity contribution in [1.82, 2.24) is 5.32 Å². The van der Waals surface area contributed by atoms with Crippen LogP contribution in [0.2, 0.25) is 0 Å². The molecule has 0 radical (unpaired) electrons. The lowest BCUT2D eigenvalue weighted by Gasteiger charge is -2.33. The molecule has 0 spiro atoms. The normalized spacial score (nSPS) is 33.4. The minimum atomic E-state index is -2.70. The Balaban J connectivity index is 1.74. The zero-order chi connectivity index (χ0) is 13.0. The van der Waals surface area contributed by atoms with Crippen molar-refractivity contribution in [3.63, 3.8) is 0 Å². The first-order valence-electron chi connectivity index (χ1n) is 7.54. The minimum absolute atomic E-state index is 0.404. The van der Waals surface area contributed by atoms with E-state index in [4.69, 9.17) is 0 Å². The monoisotopic (exact) mass is 273 g/mol. The van der Waals surface area contributed by atoms with E-state index in [-0.39, 0.29) is 0 Å². The van der Waals surface area contributed by atoms with E-state index in [1.807, 2.05) is 0 Å². The van der Waals surface area contributed by atoms with E-state index in [1.54, 1.807) is 0 Å². The molecular weight excluding hydrogens is 246 g/mol. The second-order valence-electron chi connectivity index (χ2n) is 6.06. The molecule has 2 atom stereocenters. The summed E-state index contributed by atoms with van der Waals surface area (Å²) in [7, 11) is -2.70. The Bertz CT molecular complexity index is 339. The lowest BCUT2D eigenvalue weighted by Crippen LogP contribution is -2.42. The fourth-order valence-corrected chi connectivity index (χ4v) is 5.02. The number of rotatable bonds is 4. The predicted octanol–water partition coefficient (Wildman–Crippen LogP) is 2.37. The SMILES string of the molecule is CC[C@H]1CCCC[C@H]1NCC1CCS(=O)(=O)CC1. The maximum atomic E-state index is 11.4. The molecule has 0 aromatic rings. The molecule has 0 aromatic heterocycles. The van der Waals surface area contributed by atoms with Gasteiger partial charge in [0.05, 0.1) is 11.5 Å². The van der Waals surface area contributed by atoms with Crippen LogP contribution in [0.4, 0.5) is 0 Å². The molecule has 2 fully saturated rings. The van der Waals surface area contributed by atoms with E-state index in [2.05, 4.69) is 12.2 Å². The summed E-state index contributed by atoms with van der Waals surface area (Å²) in [6.45, 7) is 3.31. The molecule has 0 aromatic carbocycles. The maximum absolute atomic E-state index is 11.4. The molecule has 4 heteroatoms. The molecular formula is C14H27NO2S. The molecule has 18 heavy (non-hydrogen) atoms. The van der Waals surface area contributed by atoms with Gasteiger partial charge in [-0.3, -0.25) is 0 Å². The molecule has 1 aliphatic carbocycles. The van der Waals surface area contributed by atoms with Crippen LogP contribution in [0.3, 0.4) is 0 Å². The Kier molecular flexibility index (Phi) is 5.07. The third-order valence-electron chi connectivity index (χ3n) is 4.78. The summed E-state index contributed by atoms with van der Waals surface area (Å²) in [5.41, 5.74) is 0. The van der Waals surface area contributed by atoms with Gasteiger partial charge in [-0.25, -0.2) is 8.42 Å². The maximum Gasteiger partial charge on any atom is 0.150 e. The zero-order valence-electron chi connectivity index (χ0n) is 11.5. The van der Waals surface area contributed by atoms with Gasteiger partial charge in [-0.05, 0) is 44.1 Å². The first-order valence-corrected chi connectivity index (χ1v) is 9.36. The lowest BCUT2D eigenvalue weighted by atomic mass is 9.82. The Morgan fingerprint density at radius 1 is 1.06 bits per heavy atom. The standard InChI is InChI=1S/C14H27NO2S/c1-2-13-5-3-4-6-14(13)15-11-12-7-9-18(16,17)10-8-12/h12-15H,2-11H2,1H3/t13-,14+/m0/s1. The largest absolute Gasteiger partial charge is 0.313 e. The predicted molar refractivity (Wildman–Crippen MR) is 75.4 cm³/mol. The van der Waals surface area contributed by atoms with Gasteiger partial charge in [0.25, 0.3) is 0 Å². The van der Waals surface area contributed by atoms with Gasteiger partial charge in [-0.2, -0.15) is 0 Å². The summed E-state index contributed by atoms with van der Waals surface area (Å²) in [6.07, 6.45) is 8.41. The molecule has 0 amide bonds. The van der Waals surface area contributed by atoms with E-state index in [9.17, 15) is 8.42 Å². The Morgan fingerprint density at radius 2 is 1.72 bits per heavy atom. The van der Waals surface area contributed by atoms with Gasteiger partial charge in [0.1, 0.15) is 9.84 Å². The van der Waals surface area contributed by atoms with Crippen LogP contribution < -0.4 is 5.32 Å². The fourth-order valence-electron chi connectivity index (χ4n) is 3.43. The van der Waals surface area contributed by atoms with Crippen molar-refractivity contribution in [2.75, 3.05) is 18.1 Å². The molecule has 1 N–H and O–H groups in total. The second kappa shape index (κ2) is 6.38. The number of sulfone groups is 1. The van der Waals surface area contributed by atoms with Crippen molar-refractivity contribution in [3.8, 4) is 0 Å². The van der Waals surface area contributed by atoms with E-state index in [0.29, 0.717) is 23.5 Å². The summed E-state index contributed by atoms with van der Waals surface area (Å²) in [5, 5.41) is 3.72. The van der Waals surface area contributed by atoms with Crippen LogP contribution in [-0.2, 0) is 9.84 Å². The third-order valence-corrected chi connectivity index (χ3v) is 6.49. The first kappa shape index (κ1) is 14.3. The number of hydrogen-bond acceptors (Lipinski definition) is 3. The Morgan fingerprint density at radius 3 is 2.39 bits per heavy atom. The molecule has 3 nitrogen and oxygen atoms in total. The Hall–Kier alpha value is -0.0900. The van der Waals surface area contributed by atoms with Crippen LogP contribution in [0.15, 0.2) is 0 Å². The molecule has 1 aliphatic heterocycles. The number of nitrogens with one attached hydrogen (secondary N) is 1. The molecule has 1 heterocycles. The van der Waals surface area contributed by atoms with E-state index in [1.165, 1.54) is 32.1 Å². The summed E-state index contributed by atoms with van der Waals surface area (Å²) < 4.78 is 22.8. The highest BCUT2D eigenvalue weighted by molar-refractivity contribution is 7.91. The van der Waals surface area contributed by atoms with Crippen molar-refractivity contribution in [2.24, 2.45) is 11.8 Å². The highest BCUT2D eigenvalue weighted by Gasteiger charge is 2.26. The fraction of sp³-hybridized carbons (Fsp3) is 1.00. The van der Waals surface area contributed by atoms with Crippen LogP contribution in [0.1, 0.15) is 51.9 Å². The summed E-state index contributed by atoms with van der Waals surface area (Å²) >= 11 is 0. The molecule has 1 saturated heterocycles. The van der Waals surface area contributed by atoms with E-state index >= 15 is 0 Å². The van der Waals surface area contributed by atoms with Gasteiger partial charge in [-0.15, -0.1) is 0 Å². The zero-order valence-corrected chi connectivity index (χ0v) is 12.3. The lowest BCUT2D eigenvalue weighted by molar-refractivity contribution is 0.243. The molecule has 0 unspecified atom stereocenters. The van der Waals surface area contributed by atoms with Crippen molar-refractivity contribution >= 4 is 9.84 Å². The summed E-state index contributed by atoms with van der Waals surface area (Å²) in [4.78, 5) is 0. The molecule has 2 aliphatic rings. The molecule has 1 saturated carbocycles. The molecule has 2 rings (SSSR count). The highest BCUT2D eigenvalue weighted by Crippen LogP contribution is 2.27. The summed E-state index contributed by atoms with van der Waals surface area (Å²) in [6, 6.07) is 0.683. The average molecular weight is 273 g/mol. The minimum Gasteiger partial charge on any atom is -0.313 e.